The van der Waals surface area contributed by atoms with E-state index in [4.69, 9.17) is 13.9 Å². The summed E-state index contributed by atoms with van der Waals surface area (Å²) in [5, 5.41) is 12.5. The molecule has 0 saturated carbocycles. The second-order valence-electron chi connectivity index (χ2n) is 7.78. The van der Waals surface area contributed by atoms with Gasteiger partial charge < -0.3 is 19.2 Å². The van der Waals surface area contributed by atoms with Gasteiger partial charge in [-0.1, -0.05) is 38.1 Å². The summed E-state index contributed by atoms with van der Waals surface area (Å²) in [5.74, 6) is -0.957. The average molecular weight is 460 g/mol. The summed E-state index contributed by atoms with van der Waals surface area (Å²) in [6.45, 7) is 4.71. The van der Waals surface area contributed by atoms with Crippen molar-refractivity contribution in [1.82, 2.24) is 5.32 Å². The molecular weight excluding hydrogens is 436 g/mol. The molecule has 3 aromatic rings. The Labute approximate surface area is 196 Å². The third-order valence-electron chi connectivity index (χ3n) is 5.01. The van der Waals surface area contributed by atoms with Crippen molar-refractivity contribution in [1.29, 1.82) is 5.26 Å². The van der Waals surface area contributed by atoms with Gasteiger partial charge in [-0.05, 0) is 41.3 Å². The van der Waals surface area contributed by atoms with Crippen molar-refractivity contribution >= 4 is 28.9 Å². The van der Waals surface area contributed by atoms with Gasteiger partial charge in [-0.2, -0.15) is 5.26 Å². The number of rotatable bonds is 8. The van der Waals surface area contributed by atoms with Gasteiger partial charge in [0.25, 0.3) is 5.91 Å². The lowest BCUT2D eigenvalue weighted by Crippen LogP contribution is -2.30. The zero-order chi connectivity index (χ0) is 24.7. The van der Waals surface area contributed by atoms with E-state index in [2.05, 4.69) is 19.2 Å². The van der Waals surface area contributed by atoms with E-state index in [1.807, 2.05) is 30.3 Å². The quantitative estimate of drug-likeness (QED) is 0.136. The van der Waals surface area contributed by atoms with E-state index in [1.54, 1.807) is 6.07 Å². The molecule has 1 N–H and O–H groups in total. The number of esters is 1. The SMILES string of the molecule is COCCNC(=O)c1cc2ccc(OC(=O)/C(C#N)=C/c3ccc(C(C)C)cc3)cc2oc1=O. The summed E-state index contributed by atoms with van der Waals surface area (Å²) in [5.41, 5.74) is 0.822. The first kappa shape index (κ1) is 24.4. The Morgan fingerprint density at radius 1 is 1.15 bits per heavy atom. The third kappa shape index (κ3) is 5.97. The van der Waals surface area contributed by atoms with Crippen molar-refractivity contribution in [3.63, 3.8) is 0 Å². The van der Waals surface area contributed by atoms with Gasteiger partial charge in [-0.25, -0.2) is 9.59 Å². The van der Waals surface area contributed by atoms with Gasteiger partial charge in [0.2, 0.25) is 0 Å². The molecule has 0 saturated heterocycles. The molecule has 0 radical (unpaired) electrons. The van der Waals surface area contributed by atoms with Crippen LogP contribution in [0.2, 0.25) is 0 Å². The predicted octanol–water partition coefficient (Wildman–Crippen LogP) is 3.81. The van der Waals surface area contributed by atoms with Crippen LogP contribution in [0.5, 0.6) is 5.75 Å². The van der Waals surface area contributed by atoms with Crippen molar-refractivity contribution in [2.75, 3.05) is 20.3 Å². The summed E-state index contributed by atoms with van der Waals surface area (Å²) in [7, 11) is 1.50. The molecule has 174 valence electrons. The maximum atomic E-state index is 12.5. The van der Waals surface area contributed by atoms with Crippen LogP contribution in [0.25, 0.3) is 17.0 Å². The van der Waals surface area contributed by atoms with E-state index in [0.717, 1.165) is 5.56 Å². The minimum Gasteiger partial charge on any atom is -0.422 e. The fraction of sp³-hybridized carbons (Fsp3) is 0.231. The van der Waals surface area contributed by atoms with Crippen LogP contribution in [-0.4, -0.2) is 32.1 Å². The standard InChI is InChI=1S/C26H24N2O6/c1-16(2)18-6-4-17(5-7-18)12-20(15-27)25(30)33-21-9-8-19-13-22(24(29)28-10-11-32-3)26(31)34-23(19)14-21/h4-9,12-14,16H,10-11H2,1-3H3,(H,28,29)/b20-12+. The highest BCUT2D eigenvalue weighted by atomic mass is 16.5. The Morgan fingerprint density at radius 3 is 2.53 bits per heavy atom. The Kier molecular flexibility index (Phi) is 7.96. The van der Waals surface area contributed by atoms with Crippen molar-refractivity contribution in [2.24, 2.45) is 0 Å². The number of nitrogens with zero attached hydrogens (tertiary/aromatic N) is 1. The van der Waals surface area contributed by atoms with E-state index < -0.39 is 17.5 Å². The van der Waals surface area contributed by atoms with Gasteiger partial charge in [-0.3, -0.25) is 4.79 Å². The van der Waals surface area contributed by atoms with E-state index in [0.29, 0.717) is 23.5 Å². The Balaban J connectivity index is 1.79. The highest BCUT2D eigenvalue weighted by molar-refractivity contribution is 5.99. The first-order valence-electron chi connectivity index (χ1n) is 10.6. The summed E-state index contributed by atoms with van der Waals surface area (Å²) in [6.07, 6.45) is 1.45. The third-order valence-corrected chi connectivity index (χ3v) is 5.01. The summed E-state index contributed by atoms with van der Waals surface area (Å²) in [6, 6.07) is 15.2. The van der Waals surface area contributed by atoms with Crippen LogP contribution in [0.1, 0.15) is 41.3 Å². The number of nitriles is 1. The molecule has 0 aliphatic rings. The van der Waals surface area contributed by atoms with E-state index in [1.165, 1.54) is 31.4 Å². The number of amides is 1. The van der Waals surface area contributed by atoms with E-state index in [9.17, 15) is 19.6 Å². The lowest BCUT2D eigenvalue weighted by molar-refractivity contribution is -0.129. The monoisotopic (exact) mass is 460 g/mol. The molecule has 0 atom stereocenters. The normalized spacial score (nSPS) is 11.3. The number of fused-ring (bicyclic) bond motifs is 1. The molecule has 0 unspecified atom stereocenters. The minimum absolute atomic E-state index is 0.0919. The number of methoxy groups -OCH3 is 1. The first-order chi connectivity index (χ1) is 16.3. The van der Waals surface area contributed by atoms with Crippen molar-refractivity contribution in [3.05, 3.63) is 81.2 Å². The topological polar surface area (TPSA) is 119 Å². The van der Waals surface area contributed by atoms with Gasteiger partial charge in [0.15, 0.2) is 0 Å². The summed E-state index contributed by atoms with van der Waals surface area (Å²) in [4.78, 5) is 36.9. The minimum atomic E-state index is -0.841. The van der Waals surface area contributed by atoms with Gasteiger partial charge >= 0.3 is 11.6 Å². The van der Waals surface area contributed by atoms with Crippen LogP contribution < -0.4 is 15.7 Å². The van der Waals surface area contributed by atoms with Crippen LogP contribution in [0, 0.1) is 11.3 Å². The smallest absolute Gasteiger partial charge is 0.354 e. The van der Waals surface area contributed by atoms with Crippen molar-refractivity contribution in [3.8, 4) is 11.8 Å². The lowest BCUT2D eigenvalue weighted by Gasteiger charge is -2.07. The number of carbonyl (C=O) groups is 2. The molecule has 2 aromatic carbocycles. The highest BCUT2D eigenvalue weighted by Crippen LogP contribution is 2.22. The Hall–Kier alpha value is -4.22. The molecule has 1 aromatic heterocycles. The van der Waals surface area contributed by atoms with Crippen LogP contribution in [0.3, 0.4) is 0 Å². The molecule has 0 fully saturated rings. The van der Waals surface area contributed by atoms with Gasteiger partial charge in [0.05, 0.1) is 6.61 Å². The number of hydrogen-bond donors (Lipinski definition) is 1. The fourth-order valence-electron chi connectivity index (χ4n) is 3.12. The van der Waals surface area contributed by atoms with Crippen LogP contribution in [0.15, 0.2) is 63.3 Å². The second kappa shape index (κ2) is 11.1. The van der Waals surface area contributed by atoms with Crippen LogP contribution >= 0.6 is 0 Å². The molecule has 34 heavy (non-hydrogen) atoms. The molecule has 0 aliphatic carbocycles. The van der Waals surface area contributed by atoms with Crippen LogP contribution in [0.4, 0.5) is 0 Å². The Bertz CT molecular complexity index is 1330. The predicted molar refractivity (Wildman–Crippen MR) is 126 cm³/mol. The first-order valence-corrected chi connectivity index (χ1v) is 10.6. The summed E-state index contributed by atoms with van der Waals surface area (Å²) >= 11 is 0. The highest BCUT2D eigenvalue weighted by Gasteiger charge is 2.16. The summed E-state index contributed by atoms with van der Waals surface area (Å²) < 4.78 is 15.4. The molecule has 0 spiro atoms. The molecular formula is C26H24N2O6. The molecule has 1 heterocycles. The largest absolute Gasteiger partial charge is 0.422 e. The van der Waals surface area contributed by atoms with Crippen molar-refractivity contribution in [2.45, 2.75) is 19.8 Å². The van der Waals surface area contributed by atoms with Crippen LogP contribution in [-0.2, 0) is 9.53 Å². The molecule has 8 heteroatoms. The van der Waals surface area contributed by atoms with Crippen molar-refractivity contribution < 1.29 is 23.5 Å². The number of carbonyl (C=O) groups excluding carboxylic acids is 2. The maximum absolute atomic E-state index is 12.5. The second-order valence-corrected chi connectivity index (χ2v) is 7.78. The Morgan fingerprint density at radius 2 is 1.88 bits per heavy atom. The number of benzene rings is 2. The zero-order valence-corrected chi connectivity index (χ0v) is 19.1. The van der Waals surface area contributed by atoms with Gasteiger partial charge in [-0.15, -0.1) is 0 Å². The zero-order valence-electron chi connectivity index (χ0n) is 19.1. The van der Waals surface area contributed by atoms with E-state index in [-0.39, 0.29) is 29.0 Å². The number of nitrogens with one attached hydrogen (secondary N) is 1. The molecule has 0 aliphatic heterocycles. The lowest BCUT2D eigenvalue weighted by atomic mass is 10.0. The number of ether oxygens (including phenoxy) is 2. The van der Waals surface area contributed by atoms with E-state index >= 15 is 0 Å². The van der Waals surface area contributed by atoms with Gasteiger partial charge in [0.1, 0.15) is 28.5 Å². The maximum Gasteiger partial charge on any atom is 0.354 e. The average Bonchev–Trinajstić information content (AvgIpc) is 2.82. The molecule has 0 bridgehead atoms. The molecule has 3 rings (SSSR count). The molecule has 8 nitrogen and oxygen atoms in total. The number of hydrogen-bond acceptors (Lipinski definition) is 7. The van der Waals surface area contributed by atoms with Gasteiger partial charge in [0, 0.05) is 25.1 Å². The fourth-order valence-corrected chi connectivity index (χ4v) is 3.12. The molecule has 1 amide bonds.